The minimum Gasteiger partial charge on any atom is -0.375 e. The first-order chi connectivity index (χ1) is 7.08. The van der Waals surface area contributed by atoms with E-state index in [9.17, 15) is 0 Å². The molecule has 1 atom stereocenters. The lowest BCUT2D eigenvalue weighted by Crippen LogP contribution is -2.54. The zero-order valence-corrected chi connectivity index (χ0v) is 10.4. The second-order valence-corrected chi connectivity index (χ2v) is 5.75. The van der Waals surface area contributed by atoms with Crippen molar-refractivity contribution in [1.29, 1.82) is 0 Å². The van der Waals surface area contributed by atoms with Gasteiger partial charge in [0.2, 0.25) is 0 Å². The van der Waals surface area contributed by atoms with Gasteiger partial charge in [0.05, 0.1) is 18.2 Å². The molecule has 84 valence electrons. The number of hydrogen-bond donors (Lipinski definition) is 0. The van der Waals surface area contributed by atoms with Crippen molar-refractivity contribution >= 4 is 11.3 Å². The Bertz CT molecular complexity index is 310. The number of nitrogens with zero attached hydrogens (tertiary/aromatic N) is 2. The zero-order valence-electron chi connectivity index (χ0n) is 9.56. The highest BCUT2D eigenvalue weighted by Crippen LogP contribution is 2.24. The summed E-state index contributed by atoms with van der Waals surface area (Å²) in [4.78, 5) is 7.93. The molecule has 2 rings (SSSR count). The molecule has 0 saturated carbocycles. The molecule has 1 aliphatic heterocycles. The molecule has 15 heavy (non-hydrogen) atoms. The molecule has 1 saturated heterocycles. The number of thiazole rings is 1. The third kappa shape index (κ3) is 2.56. The molecule has 0 spiro atoms. The second-order valence-electron chi connectivity index (χ2n) is 4.78. The predicted molar refractivity (Wildman–Crippen MR) is 62.0 cm³/mol. The maximum absolute atomic E-state index is 5.69. The summed E-state index contributed by atoms with van der Waals surface area (Å²) < 4.78 is 5.69. The molecule has 0 aliphatic carbocycles. The lowest BCUT2D eigenvalue weighted by atomic mass is 10.0. The normalized spacial score (nSPS) is 26.7. The molecular formula is C11H18N2OS. The van der Waals surface area contributed by atoms with E-state index in [1.54, 1.807) is 11.3 Å². The highest BCUT2D eigenvalue weighted by Gasteiger charge is 2.33. The van der Waals surface area contributed by atoms with Crippen molar-refractivity contribution in [2.24, 2.45) is 0 Å². The molecule has 0 N–H and O–H groups in total. The molecule has 0 unspecified atom stereocenters. The molecule has 0 radical (unpaired) electrons. The van der Waals surface area contributed by atoms with Gasteiger partial charge in [-0.25, -0.2) is 0 Å². The van der Waals surface area contributed by atoms with Gasteiger partial charge in [-0.15, -0.1) is 11.3 Å². The van der Waals surface area contributed by atoms with Gasteiger partial charge in [0.25, 0.3) is 0 Å². The molecule has 0 aromatic carbocycles. The van der Waals surface area contributed by atoms with Gasteiger partial charge in [-0.3, -0.25) is 9.88 Å². The van der Waals surface area contributed by atoms with Crippen LogP contribution >= 0.6 is 11.3 Å². The number of hydrogen-bond acceptors (Lipinski definition) is 4. The van der Waals surface area contributed by atoms with Gasteiger partial charge >= 0.3 is 0 Å². The van der Waals surface area contributed by atoms with E-state index < -0.39 is 0 Å². The summed E-state index contributed by atoms with van der Waals surface area (Å²) >= 11 is 1.72. The van der Waals surface area contributed by atoms with E-state index in [0.717, 1.165) is 19.7 Å². The summed E-state index contributed by atoms with van der Waals surface area (Å²) in [5, 5.41) is 0. The third-order valence-corrected chi connectivity index (χ3v) is 3.65. The largest absolute Gasteiger partial charge is 0.375 e. The van der Waals surface area contributed by atoms with Crippen molar-refractivity contribution in [3.63, 3.8) is 0 Å². The first-order valence-electron chi connectivity index (χ1n) is 5.32. The first-order valence-corrected chi connectivity index (χ1v) is 6.20. The Hall–Kier alpha value is -0.450. The number of rotatable bonds is 2. The van der Waals surface area contributed by atoms with E-state index in [0.29, 0.717) is 6.10 Å². The van der Waals surface area contributed by atoms with Gasteiger partial charge < -0.3 is 4.74 Å². The topological polar surface area (TPSA) is 25.4 Å². The van der Waals surface area contributed by atoms with Crippen LogP contribution in [-0.4, -0.2) is 34.7 Å². The van der Waals surface area contributed by atoms with Crippen LogP contribution in [0.1, 0.15) is 25.6 Å². The first kappa shape index (κ1) is 11.0. The molecule has 1 aromatic heterocycles. The molecule has 4 heteroatoms. The molecule has 0 amide bonds. The van der Waals surface area contributed by atoms with Crippen LogP contribution in [0.15, 0.2) is 11.7 Å². The Labute approximate surface area is 95.1 Å². The van der Waals surface area contributed by atoms with Crippen LogP contribution < -0.4 is 0 Å². The molecule has 0 bridgehead atoms. The highest BCUT2D eigenvalue weighted by atomic mass is 32.1. The van der Waals surface area contributed by atoms with E-state index in [-0.39, 0.29) is 5.54 Å². The standard InChI is InChI=1S/C11H18N2OS/c1-9-5-13(11(2,3)7-14-9)6-10-4-12-8-15-10/h4,8-9H,5-7H2,1-3H3/t9-/m1/s1. The average Bonchev–Trinajstić information content (AvgIpc) is 2.65. The van der Waals surface area contributed by atoms with Crippen LogP contribution in [0.3, 0.4) is 0 Å². The van der Waals surface area contributed by atoms with E-state index in [2.05, 4.69) is 30.7 Å². The minimum absolute atomic E-state index is 0.135. The van der Waals surface area contributed by atoms with Crippen LogP contribution in [0.2, 0.25) is 0 Å². The van der Waals surface area contributed by atoms with Crippen molar-refractivity contribution in [2.75, 3.05) is 13.2 Å². The summed E-state index contributed by atoms with van der Waals surface area (Å²) in [6, 6.07) is 0. The average molecular weight is 226 g/mol. The van der Waals surface area contributed by atoms with Crippen molar-refractivity contribution in [3.05, 3.63) is 16.6 Å². The summed E-state index contributed by atoms with van der Waals surface area (Å²) in [6.07, 6.45) is 2.30. The summed E-state index contributed by atoms with van der Waals surface area (Å²) in [5.41, 5.74) is 2.03. The molecule has 2 heterocycles. The van der Waals surface area contributed by atoms with Crippen molar-refractivity contribution in [2.45, 2.75) is 39.0 Å². The lowest BCUT2D eigenvalue weighted by Gasteiger charge is -2.44. The Kier molecular flexibility index (Phi) is 3.09. The molecule has 1 aliphatic rings. The van der Waals surface area contributed by atoms with Crippen LogP contribution in [0.5, 0.6) is 0 Å². The lowest BCUT2D eigenvalue weighted by molar-refractivity contribution is -0.0946. The van der Waals surface area contributed by atoms with E-state index >= 15 is 0 Å². The summed E-state index contributed by atoms with van der Waals surface area (Å²) in [5.74, 6) is 0. The van der Waals surface area contributed by atoms with Crippen molar-refractivity contribution in [1.82, 2.24) is 9.88 Å². The van der Waals surface area contributed by atoms with Gasteiger partial charge in [0.1, 0.15) is 0 Å². The van der Waals surface area contributed by atoms with Crippen LogP contribution in [0.4, 0.5) is 0 Å². The van der Waals surface area contributed by atoms with Crippen LogP contribution in [0.25, 0.3) is 0 Å². The number of morpholine rings is 1. The predicted octanol–water partition coefficient (Wildman–Crippen LogP) is 2.14. The van der Waals surface area contributed by atoms with Crippen molar-refractivity contribution < 1.29 is 4.74 Å². The van der Waals surface area contributed by atoms with Gasteiger partial charge in [-0.1, -0.05) is 0 Å². The fraction of sp³-hybridized carbons (Fsp3) is 0.727. The highest BCUT2D eigenvalue weighted by molar-refractivity contribution is 7.09. The molecule has 1 aromatic rings. The SMILES string of the molecule is C[C@@H]1CN(Cc2cncs2)C(C)(C)CO1. The monoisotopic (exact) mass is 226 g/mol. The van der Waals surface area contributed by atoms with E-state index in [4.69, 9.17) is 4.74 Å². The maximum atomic E-state index is 5.69. The Morgan fingerprint density at radius 2 is 2.47 bits per heavy atom. The molecule has 1 fully saturated rings. The third-order valence-electron chi connectivity index (χ3n) is 2.88. The summed E-state index contributed by atoms with van der Waals surface area (Å²) in [6.45, 7) is 9.41. The van der Waals surface area contributed by atoms with Crippen LogP contribution in [0, 0.1) is 0 Å². The number of ether oxygens (including phenoxy) is 1. The van der Waals surface area contributed by atoms with E-state index in [1.807, 2.05) is 11.7 Å². The maximum Gasteiger partial charge on any atom is 0.0794 e. The minimum atomic E-state index is 0.135. The Morgan fingerprint density at radius 1 is 1.67 bits per heavy atom. The number of aromatic nitrogens is 1. The molecular weight excluding hydrogens is 208 g/mol. The van der Waals surface area contributed by atoms with Crippen molar-refractivity contribution in [3.8, 4) is 0 Å². The van der Waals surface area contributed by atoms with Gasteiger partial charge in [-0.2, -0.15) is 0 Å². The molecule has 3 nitrogen and oxygen atoms in total. The zero-order chi connectivity index (χ0) is 10.9. The van der Waals surface area contributed by atoms with Gasteiger partial charge in [0.15, 0.2) is 0 Å². The second kappa shape index (κ2) is 4.20. The van der Waals surface area contributed by atoms with Crippen LogP contribution in [-0.2, 0) is 11.3 Å². The van der Waals surface area contributed by atoms with Gasteiger partial charge in [0, 0.05) is 29.7 Å². The van der Waals surface area contributed by atoms with Gasteiger partial charge in [-0.05, 0) is 20.8 Å². The fourth-order valence-electron chi connectivity index (χ4n) is 1.83. The quantitative estimate of drug-likeness (QED) is 0.772. The fourth-order valence-corrected chi connectivity index (χ4v) is 2.44. The summed E-state index contributed by atoms with van der Waals surface area (Å²) in [7, 11) is 0. The smallest absolute Gasteiger partial charge is 0.0794 e. The van der Waals surface area contributed by atoms with E-state index in [1.165, 1.54) is 4.88 Å². The Balaban J connectivity index is 2.05. The Morgan fingerprint density at radius 3 is 3.13 bits per heavy atom.